The van der Waals surface area contributed by atoms with Gasteiger partial charge in [-0.3, -0.25) is 4.79 Å². The fourth-order valence-electron chi connectivity index (χ4n) is 1.99. The second-order valence-corrected chi connectivity index (χ2v) is 6.52. The highest BCUT2D eigenvalue weighted by Gasteiger charge is 2.08. The van der Waals surface area contributed by atoms with Crippen LogP contribution in [-0.2, 0) is 9.53 Å². The molecule has 0 heterocycles. The Kier molecular flexibility index (Phi) is 7.35. The summed E-state index contributed by atoms with van der Waals surface area (Å²) in [6, 6.07) is 14.1. The van der Waals surface area contributed by atoms with Gasteiger partial charge in [-0.2, -0.15) is 0 Å². The van der Waals surface area contributed by atoms with Crippen LogP contribution in [0.25, 0.3) is 0 Å². The molecule has 0 bridgehead atoms. The quantitative estimate of drug-likeness (QED) is 0.323. The summed E-state index contributed by atoms with van der Waals surface area (Å²) in [7, 11) is 0. The Bertz CT molecular complexity index is 700. The molecule has 0 saturated carbocycles. The molecule has 3 N–H and O–H groups in total. The molecule has 2 aromatic rings. The van der Waals surface area contributed by atoms with Crippen LogP contribution in [-0.4, -0.2) is 24.2 Å². The lowest BCUT2D eigenvalue weighted by Crippen LogP contribution is -2.14. The summed E-state index contributed by atoms with van der Waals surface area (Å²) in [6.45, 7) is 2.47. The van der Waals surface area contributed by atoms with E-state index in [0.29, 0.717) is 29.3 Å². The third-order valence-electron chi connectivity index (χ3n) is 3.39. The van der Waals surface area contributed by atoms with Crippen LogP contribution in [0.1, 0.15) is 30.1 Å². The number of nitrogen functional groups attached to an aromatic ring is 1. The minimum Gasteiger partial charge on any atom is -0.462 e. The average molecular weight is 358 g/mol. The van der Waals surface area contributed by atoms with Gasteiger partial charge in [-0.15, -0.1) is 11.8 Å². The number of thioether (sulfide) groups is 1. The predicted octanol–water partition coefficient (Wildman–Crippen LogP) is 3.96. The van der Waals surface area contributed by atoms with Gasteiger partial charge < -0.3 is 15.8 Å². The average Bonchev–Trinajstić information content (AvgIpc) is 2.62. The number of rotatable bonds is 8. The first-order valence-corrected chi connectivity index (χ1v) is 9.12. The lowest BCUT2D eigenvalue weighted by atomic mass is 10.2. The number of carbonyl (C=O) groups is 2. The van der Waals surface area contributed by atoms with Gasteiger partial charge in [-0.05, 0) is 55.0 Å². The van der Waals surface area contributed by atoms with E-state index >= 15 is 0 Å². The smallest absolute Gasteiger partial charge is 0.338 e. The summed E-state index contributed by atoms with van der Waals surface area (Å²) in [5.74, 6) is -0.157. The fourth-order valence-corrected chi connectivity index (χ4v) is 2.69. The molecule has 6 heteroatoms. The first-order chi connectivity index (χ1) is 12.1. The molecule has 1 amide bonds. The van der Waals surface area contributed by atoms with Crippen LogP contribution in [0.4, 0.5) is 11.4 Å². The zero-order chi connectivity index (χ0) is 18.1. The van der Waals surface area contributed by atoms with Crippen molar-refractivity contribution < 1.29 is 14.3 Å². The number of esters is 1. The van der Waals surface area contributed by atoms with Crippen LogP contribution >= 0.6 is 11.8 Å². The molecule has 0 spiro atoms. The summed E-state index contributed by atoms with van der Waals surface area (Å²) in [4.78, 5) is 24.8. The highest BCUT2D eigenvalue weighted by Crippen LogP contribution is 2.19. The highest BCUT2D eigenvalue weighted by atomic mass is 32.2. The Balaban J connectivity index is 1.80. The summed E-state index contributed by atoms with van der Waals surface area (Å²) >= 11 is 1.43. The maximum absolute atomic E-state index is 12.0. The maximum Gasteiger partial charge on any atom is 0.338 e. The third kappa shape index (κ3) is 6.51. The number of hydrogen-bond donors (Lipinski definition) is 2. The Labute approximate surface area is 151 Å². The van der Waals surface area contributed by atoms with E-state index in [0.717, 1.165) is 17.7 Å². The van der Waals surface area contributed by atoms with Gasteiger partial charge in [0, 0.05) is 16.3 Å². The topological polar surface area (TPSA) is 81.4 Å². The lowest BCUT2D eigenvalue weighted by molar-refractivity contribution is -0.113. The predicted molar refractivity (Wildman–Crippen MR) is 102 cm³/mol. The lowest BCUT2D eigenvalue weighted by Gasteiger charge is -2.07. The van der Waals surface area contributed by atoms with E-state index in [9.17, 15) is 9.59 Å². The van der Waals surface area contributed by atoms with E-state index in [2.05, 4.69) is 5.32 Å². The van der Waals surface area contributed by atoms with Crippen molar-refractivity contribution >= 4 is 35.0 Å². The molecule has 0 aliphatic heterocycles. The number of unbranched alkanes of at least 4 members (excludes halogenated alkanes) is 1. The molecule has 0 radical (unpaired) electrons. The van der Waals surface area contributed by atoms with Crippen LogP contribution in [0.15, 0.2) is 53.4 Å². The van der Waals surface area contributed by atoms with E-state index in [-0.39, 0.29) is 11.9 Å². The maximum atomic E-state index is 12.0. The summed E-state index contributed by atoms with van der Waals surface area (Å²) in [5.41, 5.74) is 7.45. The summed E-state index contributed by atoms with van der Waals surface area (Å²) < 4.78 is 5.15. The van der Waals surface area contributed by atoms with E-state index in [1.54, 1.807) is 36.4 Å². The standard InChI is InChI=1S/C19H22N2O3S/c1-2-3-12-24-19(23)14-4-8-16(9-5-14)21-18(22)13-25-17-10-6-15(20)7-11-17/h4-11H,2-3,12-13,20H2,1H3,(H,21,22). The van der Waals surface area contributed by atoms with Gasteiger partial charge in [-0.1, -0.05) is 13.3 Å². The molecule has 2 aromatic carbocycles. The molecule has 25 heavy (non-hydrogen) atoms. The normalized spacial score (nSPS) is 10.3. The van der Waals surface area contributed by atoms with Gasteiger partial charge in [0.25, 0.3) is 0 Å². The Morgan fingerprint density at radius 1 is 1.08 bits per heavy atom. The number of amides is 1. The number of anilines is 2. The van der Waals surface area contributed by atoms with Gasteiger partial charge >= 0.3 is 5.97 Å². The minimum absolute atomic E-state index is 0.111. The van der Waals surface area contributed by atoms with Crippen molar-refractivity contribution in [3.05, 3.63) is 54.1 Å². The number of benzene rings is 2. The van der Waals surface area contributed by atoms with E-state index in [1.165, 1.54) is 11.8 Å². The van der Waals surface area contributed by atoms with Crippen LogP contribution in [0, 0.1) is 0 Å². The third-order valence-corrected chi connectivity index (χ3v) is 4.40. The molecule has 0 aliphatic carbocycles. The van der Waals surface area contributed by atoms with Crippen molar-refractivity contribution in [1.82, 2.24) is 0 Å². The van der Waals surface area contributed by atoms with Crippen molar-refractivity contribution in [2.24, 2.45) is 0 Å². The summed E-state index contributed by atoms with van der Waals surface area (Å²) in [5, 5.41) is 2.81. The fraction of sp³-hybridized carbons (Fsp3) is 0.263. The van der Waals surface area contributed by atoms with Crippen molar-refractivity contribution in [3.63, 3.8) is 0 Å². The molecule has 0 aliphatic rings. The first kappa shape index (κ1) is 18.9. The molecular weight excluding hydrogens is 336 g/mol. The zero-order valence-corrected chi connectivity index (χ0v) is 15.0. The van der Waals surface area contributed by atoms with Gasteiger partial charge in [0.1, 0.15) is 0 Å². The van der Waals surface area contributed by atoms with Crippen molar-refractivity contribution in [1.29, 1.82) is 0 Å². The van der Waals surface area contributed by atoms with E-state index < -0.39 is 0 Å². The molecule has 5 nitrogen and oxygen atoms in total. The molecule has 0 atom stereocenters. The summed E-state index contributed by atoms with van der Waals surface area (Å²) in [6.07, 6.45) is 1.83. The van der Waals surface area contributed by atoms with Gasteiger partial charge in [0.15, 0.2) is 0 Å². The van der Waals surface area contributed by atoms with Crippen LogP contribution < -0.4 is 11.1 Å². The Morgan fingerprint density at radius 3 is 2.40 bits per heavy atom. The van der Waals surface area contributed by atoms with Crippen molar-refractivity contribution in [2.45, 2.75) is 24.7 Å². The molecule has 132 valence electrons. The number of nitrogens with two attached hydrogens (primary N) is 1. The molecule has 0 fully saturated rings. The Morgan fingerprint density at radius 2 is 1.76 bits per heavy atom. The Hall–Kier alpha value is -2.47. The first-order valence-electron chi connectivity index (χ1n) is 8.14. The van der Waals surface area contributed by atoms with Crippen molar-refractivity contribution in [3.8, 4) is 0 Å². The number of carbonyl (C=O) groups excluding carboxylic acids is 2. The second kappa shape index (κ2) is 9.74. The SMILES string of the molecule is CCCCOC(=O)c1ccc(NC(=O)CSc2ccc(N)cc2)cc1. The van der Waals surface area contributed by atoms with Gasteiger partial charge in [0.05, 0.1) is 17.9 Å². The monoisotopic (exact) mass is 358 g/mol. The van der Waals surface area contributed by atoms with Crippen molar-refractivity contribution in [2.75, 3.05) is 23.4 Å². The molecule has 0 aromatic heterocycles. The van der Waals surface area contributed by atoms with Crippen LogP contribution in [0.2, 0.25) is 0 Å². The number of ether oxygens (including phenoxy) is 1. The van der Waals surface area contributed by atoms with Gasteiger partial charge in [0.2, 0.25) is 5.91 Å². The molecular formula is C19H22N2O3S. The van der Waals surface area contributed by atoms with Gasteiger partial charge in [-0.25, -0.2) is 4.79 Å². The second-order valence-electron chi connectivity index (χ2n) is 5.47. The van der Waals surface area contributed by atoms with Crippen LogP contribution in [0.5, 0.6) is 0 Å². The molecule has 0 saturated heterocycles. The molecule has 2 rings (SSSR count). The largest absolute Gasteiger partial charge is 0.462 e. The minimum atomic E-state index is -0.342. The van der Waals surface area contributed by atoms with E-state index in [4.69, 9.17) is 10.5 Å². The molecule has 0 unspecified atom stereocenters. The zero-order valence-electron chi connectivity index (χ0n) is 14.2. The number of hydrogen-bond acceptors (Lipinski definition) is 5. The van der Waals surface area contributed by atoms with Crippen LogP contribution in [0.3, 0.4) is 0 Å². The number of nitrogens with one attached hydrogen (secondary N) is 1. The highest BCUT2D eigenvalue weighted by molar-refractivity contribution is 8.00. The van der Waals surface area contributed by atoms with E-state index in [1.807, 2.05) is 19.1 Å².